The van der Waals surface area contributed by atoms with Gasteiger partial charge < -0.3 is 16.0 Å². The highest BCUT2D eigenvalue weighted by Gasteiger charge is 2.21. The van der Waals surface area contributed by atoms with Gasteiger partial charge in [-0.2, -0.15) is 0 Å². The topological polar surface area (TPSA) is 75.4 Å². The van der Waals surface area contributed by atoms with Crippen LogP contribution in [0.3, 0.4) is 0 Å². The summed E-state index contributed by atoms with van der Waals surface area (Å²) in [4.78, 5) is 25.3. The van der Waals surface area contributed by atoms with E-state index in [1.54, 1.807) is 17.0 Å². The number of nitrogen functional groups attached to an aromatic ring is 1. The van der Waals surface area contributed by atoms with Crippen molar-refractivity contribution in [2.24, 2.45) is 0 Å². The first kappa shape index (κ1) is 12.4. The van der Waals surface area contributed by atoms with E-state index >= 15 is 0 Å². The third kappa shape index (κ3) is 2.80. The average Bonchev–Trinajstić information content (AvgIpc) is 2.51. The zero-order valence-corrected chi connectivity index (χ0v) is 10.4. The smallest absolute Gasteiger partial charge is 0.254 e. The van der Waals surface area contributed by atoms with Crippen LogP contribution in [0.2, 0.25) is 0 Å². The Morgan fingerprint density at radius 3 is 2.89 bits per heavy atom. The van der Waals surface area contributed by atoms with Crippen LogP contribution in [-0.4, -0.2) is 36.3 Å². The fourth-order valence-corrected chi connectivity index (χ4v) is 2.10. The standard InChI is InChI=1S/C13H17N3O2/c1-9-5-10(7-11(14)6-9)13(18)16-4-2-3-15-12(17)8-16/h5-7H,2-4,8,14H2,1H3,(H,15,17). The summed E-state index contributed by atoms with van der Waals surface area (Å²) in [7, 11) is 0. The van der Waals surface area contributed by atoms with E-state index in [-0.39, 0.29) is 18.4 Å². The summed E-state index contributed by atoms with van der Waals surface area (Å²) in [6.45, 7) is 3.22. The zero-order valence-electron chi connectivity index (χ0n) is 10.4. The second kappa shape index (κ2) is 5.08. The monoisotopic (exact) mass is 247 g/mol. The molecule has 1 fully saturated rings. The number of carbonyl (C=O) groups is 2. The number of nitrogens with zero attached hydrogens (tertiary/aromatic N) is 1. The number of anilines is 1. The third-order valence-corrected chi connectivity index (χ3v) is 2.90. The van der Waals surface area contributed by atoms with E-state index in [1.165, 1.54) is 0 Å². The minimum atomic E-state index is -0.137. The molecule has 0 saturated carbocycles. The first-order valence-corrected chi connectivity index (χ1v) is 5.99. The summed E-state index contributed by atoms with van der Waals surface area (Å²) >= 11 is 0. The number of nitrogens with one attached hydrogen (secondary N) is 1. The number of carbonyl (C=O) groups excluding carboxylic acids is 2. The molecule has 3 N–H and O–H groups in total. The summed E-state index contributed by atoms with van der Waals surface area (Å²) in [5.74, 6) is -0.246. The summed E-state index contributed by atoms with van der Waals surface area (Å²) in [6.07, 6.45) is 0.777. The Kier molecular flexibility index (Phi) is 3.50. The first-order valence-electron chi connectivity index (χ1n) is 5.99. The normalized spacial score (nSPS) is 16.1. The van der Waals surface area contributed by atoms with E-state index < -0.39 is 0 Å². The molecule has 0 aliphatic carbocycles. The van der Waals surface area contributed by atoms with E-state index in [1.807, 2.05) is 13.0 Å². The van der Waals surface area contributed by atoms with E-state index in [4.69, 9.17) is 5.73 Å². The molecule has 1 aromatic rings. The summed E-state index contributed by atoms with van der Waals surface area (Å²) in [5.41, 5.74) is 7.79. The molecule has 0 spiro atoms. The third-order valence-electron chi connectivity index (χ3n) is 2.90. The van der Waals surface area contributed by atoms with Crippen molar-refractivity contribution in [1.29, 1.82) is 0 Å². The molecule has 1 aromatic carbocycles. The molecule has 1 saturated heterocycles. The van der Waals surface area contributed by atoms with Crippen LogP contribution < -0.4 is 11.1 Å². The minimum absolute atomic E-state index is 0.110. The van der Waals surface area contributed by atoms with Crippen LogP contribution in [0.25, 0.3) is 0 Å². The molecule has 0 aromatic heterocycles. The lowest BCUT2D eigenvalue weighted by Crippen LogP contribution is -2.37. The van der Waals surface area contributed by atoms with Gasteiger partial charge in [0, 0.05) is 24.3 Å². The maximum atomic E-state index is 12.3. The molecule has 1 aliphatic rings. The molecule has 5 heteroatoms. The van der Waals surface area contributed by atoms with Crippen LogP contribution in [0.5, 0.6) is 0 Å². The van der Waals surface area contributed by atoms with Crippen molar-refractivity contribution in [3.8, 4) is 0 Å². The van der Waals surface area contributed by atoms with Gasteiger partial charge in [0.15, 0.2) is 0 Å². The van der Waals surface area contributed by atoms with Gasteiger partial charge in [0.2, 0.25) is 5.91 Å². The molecule has 0 unspecified atom stereocenters. The van der Waals surface area contributed by atoms with Crippen molar-refractivity contribution in [3.63, 3.8) is 0 Å². The van der Waals surface area contributed by atoms with E-state index in [0.717, 1.165) is 12.0 Å². The molecule has 0 atom stereocenters. The molecule has 5 nitrogen and oxygen atoms in total. The number of benzene rings is 1. The highest BCUT2D eigenvalue weighted by molar-refractivity contribution is 5.97. The highest BCUT2D eigenvalue weighted by atomic mass is 16.2. The van der Waals surface area contributed by atoms with Crippen LogP contribution in [0.4, 0.5) is 5.69 Å². The lowest BCUT2D eigenvalue weighted by molar-refractivity contribution is -0.121. The Morgan fingerprint density at radius 2 is 2.17 bits per heavy atom. The van der Waals surface area contributed by atoms with Gasteiger partial charge in [-0.3, -0.25) is 9.59 Å². The van der Waals surface area contributed by atoms with Gasteiger partial charge in [0.25, 0.3) is 5.91 Å². The van der Waals surface area contributed by atoms with Crippen LogP contribution >= 0.6 is 0 Å². The average molecular weight is 247 g/mol. The van der Waals surface area contributed by atoms with Gasteiger partial charge in [-0.25, -0.2) is 0 Å². The summed E-state index contributed by atoms with van der Waals surface area (Å²) < 4.78 is 0. The first-order chi connectivity index (χ1) is 8.56. The molecule has 96 valence electrons. The Balaban J connectivity index is 2.21. The van der Waals surface area contributed by atoms with Crippen molar-refractivity contribution in [2.45, 2.75) is 13.3 Å². The Morgan fingerprint density at radius 1 is 1.39 bits per heavy atom. The molecule has 1 heterocycles. The molecule has 1 aliphatic heterocycles. The second-order valence-electron chi connectivity index (χ2n) is 4.56. The largest absolute Gasteiger partial charge is 0.399 e. The van der Waals surface area contributed by atoms with Gasteiger partial charge in [-0.1, -0.05) is 0 Å². The Hall–Kier alpha value is -2.04. The molecular formula is C13H17N3O2. The maximum absolute atomic E-state index is 12.3. The summed E-state index contributed by atoms with van der Waals surface area (Å²) in [5, 5.41) is 2.75. The fourth-order valence-electron chi connectivity index (χ4n) is 2.10. The highest BCUT2D eigenvalue weighted by Crippen LogP contribution is 2.14. The molecular weight excluding hydrogens is 230 g/mol. The number of aryl methyl sites for hydroxylation is 1. The number of rotatable bonds is 1. The van der Waals surface area contributed by atoms with Gasteiger partial charge >= 0.3 is 0 Å². The predicted octanol–water partition coefficient (Wildman–Crippen LogP) is 0.539. The fraction of sp³-hybridized carbons (Fsp3) is 0.385. The van der Waals surface area contributed by atoms with E-state index in [9.17, 15) is 9.59 Å². The predicted molar refractivity (Wildman–Crippen MR) is 69.1 cm³/mol. The van der Waals surface area contributed by atoms with Gasteiger partial charge in [0.1, 0.15) is 0 Å². The lowest BCUT2D eigenvalue weighted by Gasteiger charge is -2.19. The molecule has 2 rings (SSSR count). The van der Waals surface area contributed by atoms with Crippen LogP contribution in [0.15, 0.2) is 18.2 Å². The minimum Gasteiger partial charge on any atom is -0.399 e. The van der Waals surface area contributed by atoms with Crippen LogP contribution in [0.1, 0.15) is 22.3 Å². The van der Waals surface area contributed by atoms with Crippen molar-refractivity contribution < 1.29 is 9.59 Å². The quantitative estimate of drug-likeness (QED) is 0.711. The Labute approximate surface area is 106 Å². The van der Waals surface area contributed by atoms with Gasteiger partial charge in [-0.05, 0) is 37.1 Å². The van der Waals surface area contributed by atoms with Crippen molar-refractivity contribution in [2.75, 3.05) is 25.4 Å². The molecule has 2 amide bonds. The second-order valence-corrected chi connectivity index (χ2v) is 4.56. The number of amides is 2. The number of hydrogen-bond acceptors (Lipinski definition) is 3. The SMILES string of the molecule is Cc1cc(N)cc(C(=O)N2CCCNC(=O)C2)c1. The number of hydrogen-bond donors (Lipinski definition) is 2. The lowest BCUT2D eigenvalue weighted by atomic mass is 10.1. The van der Waals surface area contributed by atoms with Crippen molar-refractivity contribution in [1.82, 2.24) is 10.2 Å². The Bertz CT molecular complexity index is 465. The van der Waals surface area contributed by atoms with Crippen LogP contribution in [-0.2, 0) is 4.79 Å². The molecule has 0 radical (unpaired) electrons. The molecule has 0 bridgehead atoms. The zero-order chi connectivity index (χ0) is 13.1. The van der Waals surface area contributed by atoms with Gasteiger partial charge in [-0.15, -0.1) is 0 Å². The van der Waals surface area contributed by atoms with Crippen molar-refractivity contribution in [3.05, 3.63) is 29.3 Å². The van der Waals surface area contributed by atoms with Crippen LogP contribution in [0, 0.1) is 6.92 Å². The summed E-state index contributed by atoms with van der Waals surface area (Å²) in [6, 6.07) is 5.26. The van der Waals surface area contributed by atoms with Crippen molar-refractivity contribution >= 4 is 17.5 Å². The molecule has 18 heavy (non-hydrogen) atoms. The maximum Gasteiger partial charge on any atom is 0.254 e. The number of nitrogens with two attached hydrogens (primary N) is 1. The van der Waals surface area contributed by atoms with E-state index in [2.05, 4.69) is 5.32 Å². The van der Waals surface area contributed by atoms with E-state index in [0.29, 0.717) is 24.3 Å². The van der Waals surface area contributed by atoms with Gasteiger partial charge in [0.05, 0.1) is 6.54 Å².